The van der Waals surface area contributed by atoms with Gasteiger partial charge in [-0.3, -0.25) is 5.43 Å². The molecule has 2 N–H and O–H groups in total. The number of benzene rings is 2. The number of nitrogens with one attached hydrogen (secondary N) is 2. The third-order valence-electron chi connectivity index (χ3n) is 5.26. The molecule has 0 saturated heterocycles. The molecule has 0 atom stereocenters. The average molecular weight is 520 g/mol. The van der Waals surface area contributed by atoms with Crippen molar-refractivity contribution in [3.05, 3.63) is 59.2 Å². The number of hydrogen-bond acceptors (Lipinski definition) is 4. The maximum absolute atomic E-state index is 13.3. The number of rotatable bonds is 10. The molecule has 0 aliphatic carbocycles. The van der Waals surface area contributed by atoms with Crippen molar-refractivity contribution in [1.29, 1.82) is 0 Å². The number of aryl methyl sites for hydroxylation is 1. The summed E-state index contributed by atoms with van der Waals surface area (Å²) in [7, 11) is -3.58. The van der Waals surface area contributed by atoms with E-state index < -0.39 is 10.0 Å². The summed E-state index contributed by atoms with van der Waals surface area (Å²) in [6.07, 6.45) is 5.13. The molecule has 0 aliphatic heterocycles. The highest BCUT2D eigenvalue weighted by Gasteiger charge is 2.24. The Hall–Kier alpha value is -2.46. The third kappa shape index (κ3) is 6.15. The zero-order valence-electron chi connectivity index (χ0n) is 19.6. The lowest BCUT2D eigenvalue weighted by atomic mass is 10.2. The zero-order chi connectivity index (χ0) is 24.7. The van der Waals surface area contributed by atoms with E-state index >= 15 is 0 Å². The van der Waals surface area contributed by atoms with Gasteiger partial charge in [0.1, 0.15) is 0 Å². The molecule has 2 aromatic carbocycles. The maximum atomic E-state index is 13.3. The fraction of sp³-hybridized carbons (Fsp3) is 0.333. The highest BCUT2D eigenvalue weighted by molar-refractivity contribution is 7.89. The number of halogens is 1. The summed E-state index contributed by atoms with van der Waals surface area (Å²) in [4.78, 5) is 0.288. The number of fused-ring (bicyclic) bond motifs is 1. The molecule has 3 aromatic rings. The normalized spacial score (nSPS) is 12.0. The van der Waals surface area contributed by atoms with Crippen LogP contribution in [0.15, 0.2) is 58.7 Å². The lowest BCUT2D eigenvalue weighted by molar-refractivity contribution is 0.410. The van der Waals surface area contributed by atoms with Crippen LogP contribution in [0.3, 0.4) is 0 Å². The average Bonchev–Trinajstić information content (AvgIpc) is 3.16. The summed E-state index contributed by atoms with van der Waals surface area (Å²) in [6, 6.07) is 12.5. The van der Waals surface area contributed by atoms with Gasteiger partial charge in [0, 0.05) is 53.0 Å². The van der Waals surface area contributed by atoms with Gasteiger partial charge >= 0.3 is 0 Å². The minimum Gasteiger partial charge on any atom is -0.347 e. The molecule has 0 saturated carbocycles. The van der Waals surface area contributed by atoms with Gasteiger partial charge in [-0.15, -0.1) is 0 Å². The van der Waals surface area contributed by atoms with Crippen molar-refractivity contribution in [1.82, 2.24) is 14.3 Å². The second-order valence-corrected chi connectivity index (χ2v) is 10.6. The molecule has 1 aromatic heterocycles. The molecule has 34 heavy (non-hydrogen) atoms. The Labute approximate surface area is 211 Å². The lowest BCUT2D eigenvalue weighted by Gasteiger charge is -2.21. The van der Waals surface area contributed by atoms with Crippen molar-refractivity contribution in [2.45, 2.75) is 45.1 Å². The summed E-state index contributed by atoms with van der Waals surface area (Å²) < 4.78 is 30.2. The van der Waals surface area contributed by atoms with E-state index in [2.05, 4.69) is 20.4 Å². The van der Waals surface area contributed by atoms with Gasteiger partial charge in [-0.25, -0.2) is 8.42 Å². The first-order chi connectivity index (χ1) is 16.3. The third-order valence-corrected chi connectivity index (χ3v) is 7.58. The molecular formula is C24H30ClN5O2S2. The van der Waals surface area contributed by atoms with E-state index in [9.17, 15) is 8.42 Å². The van der Waals surface area contributed by atoms with Crippen LogP contribution >= 0.6 is 23.8 Å². The molecule has 0 aliphatic rings. The van der Waals surface area contributed by atoms with Crippen molar-refractivity contribution >= 4 is 61.8 Å². The van der Waals surface area contributed by atoms with Crippen LogP contribution in [-0.2, 0) is 16.6 Å². The summed E-state index contributed by atoms with van der Waals surface area (Å²) in [5.41, 5.74) is 5.29. The lowest BCUT2D eigenvalue weighted by Crippen LogP contribution is -2.32. The highest BCUT2D eigenvalue weighted by Crippen LogP contribution is 2.26. The van der Waals surface area contributed by atoms with Gasteiger partial charge in [-0.2, -0.15) is 9.41 Å². The van der Waals surface area contributed by atoms with Crippen molar-refractivity contribution in [2.75, 3.05) is 18.4 Å². The Bertz CT molecular complexity index is 1280. The van der Waals surface area contributed by atoms with Crippen molar-refractivity contribution in [2.24, 2.45) is 5.10 Å². The molecule has 10 heteroatoms. The highest BCUT2D eigenvalue weighted by atomic mass is 35.5. The summed E-state index contributed by atoms with van der Waals surface area (Å²) in [6.45, 7) is 7.75. The second kappa shape index (κ2) is 11.8. The largest absolute Gasteiger partial charge is 0.347 e. The van der Waals surface area contributed by atoms with Gasteiger partial charge in [0.25, 0.3) is 0 Å². The Balaban J connectivity index is 1.86. The number of thiocarbonyl (C=S) groups is 1. The fourth-order valence-corrected chi connectivity index (χ4v) is 5.73. The maximum Gasteiger partial charge on any atom is 0.243 e. The monoisotopic (exact) mass is 519 g/mol. The Morgan fingerprint density at radius 1 is 1.15 bits per heavy atom. The number of hydrogen-bond donors (Lipinski definition) is 2. The van der Waals surface area contributed by atoms with E-state index in [1.165, 1.54) is 0 Å². The first-order valence-corrected chi connectivity index (χ1v) is 13.5. The van der Waals surface area contributed by atoms with Crippen LogP contribution in [0, 0.1) is 0 Å². The van der Waals surface area contributed by atoms with E-state index in [0.717, 1.165) is 41.5 Å². The van der Waals surface area contributed by atoms with Crippen LogP contribution in [0.5, 0.6) is 0 Å². The van der Waals surface area contributed by atoms with E-state index in [0.29, 0.717) is 23.2 Å². The molecule has 0 unspecified atom stereocenters. The van der Waals surface area contributed by atoms with Crippen LogP contribution in [0.4, 0.5) is 5.69 Å². The quantitative estimate of drug-likeness (QED) is 0.212. The number of hydrazone groups is 1. The molecule has 0 spiro atoms. The molecule has 7 nitrogen and oxygen atoms in total. The Kier molecular flexibility index (Phi) is 9.07. The Morgan fingerprint density at radius 2 is 1.88 bits per heavy atom. The van der Waals surface area contributed by atoms with Gasteiger partial charge in [0.2, 0.25) is 10.0 Å². The molecular weight excluding hydrogens is 490 g/mol. The molecule has 0 amide bonds. The number of sulfonamides is 1. The van der Waals surface area contributed by atoms with Gasteiger partial charge in [0.05, 0.1) is 11.1 Å². The van der Waals surface area contributed by atoms with E-state index in [-0.39, 0.29) is 4.90 Å². The van der Waals surface area contributed by atoms with Crippen LogP contribution in [0.2, 0.25) is 5.02 Å². The van der Waals surface area contributed by atoms with E-state index in [1.807, 2.05) is 45.2 Å². The first-order valence-electron chi connectivity index (χ1n) is 11.3. The summed E-state index contributed by atoms with van der Waals surface area (Å²) in [5, 5.41) is 9.01. The van der Waals surface area contributed by atoms with Crippen LogP contribution < -0.4 is 10.7 Å². The number of anilines is 1. The smallest absolute Gasteiger partial charge is 0.243 e. The molecule has 182 valence electrons. The zero-order valence-corrected chi connectivity index (χ0v) is 22.0. The molecule has 0 fully saturated rings. The first kappa shape index (κ1) is 26.2. The van der Waals surface area contributed by atoms with Gasteiger partial charge < -0.3 is 9.88 Å². The fourth-order valence-electron chi connectivity index (χ4n) is 3.71. The number of nitrogens with zero attached hydrogens (tertiary/aromatic N) is 3. The van der Waals surface area contributed by atoms with Crippen molar-refractivity contribution < 1.29 is 8.42 Å². The topological polar surface area (TPSA) is 78.7 Å². The predicted molar refractivity (Wildman–Crippen MR) is 145 cm³/mol. The molecule has 0 radical (unpaired) electrons. The van der Waals surface area contributed by atoms with Crippen molar-refractivity contribution in [3.8, 4) is 0 Å². The molecule has 1 heterocycles. The minimum atomic E-state index is -3.58. The van der Waals surface area contributed by atoms with Crippen molar-refractivity contribution in [3.63, 3.8) is 0 Å². The van der Waals surface area contributed by atoms with Crippen LogP contribution in [-0.4, -0.2) is 41.7 Å². The SMILES string of the molecule is CCCN(CCC)S(=O)(=O)c1ccc2c(c1)c(/C=N/NC(=S)Nc1cccc(Cl)c1)cn2CC. The predicted octanol–water partition coefficient (Wildman–Crippen LogP) is 5.45. The van der Waals surface area contributed by atoms with Gasteiger partial charge in [0.15, 0.2) is 5.11 Å². The summed E-state index contributed by atoms with van der Waals surface area (Å²) in [5.74, 6) is 0. The van der Waals surface area contributed by atoms with Crippen LogP contribution in [0.25, 0.3) is 10.9 Å². The van der Waals surface area contributed by atoms with E-state index in [1.54, 1.807) is 34.8 Å². The van der Waals surface area contributed by atoms with Gasteiger partial charge in [-0.05, 0) is 68.4 Å². The number of aromatic nitrogens is 1. The molecule has 3 rings (SSSR count). The van der Waals surface area contributed by atoms with E-state index in [4.69, 9.17) is 23.8 Å². The second-order valence-electron chi connectivity index (χ2n) is 7.79. The van der Waals surface area contributed by atoms with Gasteiger partial charge in [-0.1, -0.05) is 31.5 Å². The summed E-state index contributed by atoms with van der Waals surface area (Å²) >= 11 is 11.3. The van der Waals surface area contributed by atoms with Crippen LogP contribution in [0.1, 0.15) is 39.2 Å². The molecule has 0 bridgehead atoms. The standard InChI is InChI=1S/C24H30ClN5O2S2/c1-4-12-30(13-5-2)34(31,32)21-10-11-23-22(15-21)18(17-29(23)6-3)16-26-28-24(33)27-20-9-7-8-19(25)14-20/h7-11,14-17H,4-6,12-13H2,1-3H3,(H2,27,28,33)/b26-16+. The minimum absolute atomic E-state index is 0.288. The Morgan fingerprint density at radius 3 is 2.53 bits per heavy atom.